The third kappa shape index (κ3) is 4.42. The third-order valence-electron chi connectivity index (χ3n) is 4.34. The second-order valence-corrected chi connectivity index (χ2v) is 7.10. The molecule has 1 atom stereocenters. The number of aromatic nitrogens is 1. The number of anilines is 2. The Morgan fingerprint density at radius 3 is 2.57 bits per heavy atom. The first-order chi connectivity index (χ1) is 13.8. The van der Waals surface area contributed by atoms with Crippen molar-refractivity contribution in [3.05, 3.63) is 95.4 Å². The van der Waals surface area contributed by atoms with Gasteiger partial charge in [0.1, 0.15) is 11.5 Å². The van der Waals surface area contributed by atoms with Gasteiger partial charge in [-0.3, -0.25) is 5.32 Å². The molecule has 0 aliphatic heterocycles. The van der Waals surface area contributed by atoms with Gasteiger partial charge in [-0.1, -0.05) is 30.3 Å². The van der Waals surface area contributed by atoms with Crippen LogP contribution in [0.15, 0.2) is 82.8 Å². The highest BCUT2D eigenvalue weighted by atomic mass is 32.1. The van der Waals surface area contributed by atoms with Crippen LogP contribution in [0.1, 0.15) is 23.1 Å². The van der Waals surface area contributed by atoms with E-state index in [4.69, 9.17) is 9.15 Å². The molecule has 6 heteroatoms. The number of thiazole rings is 1. The minimum absolute atomic E-state index is 0.0177. The minimum atomic E-state index is -0.0177. The van der Waals surface area contributed by atoms with E-state index in [0.29, 0.717) is 6.54 Å². The maximum Gasteiger partial charge on any atom is 0.187 e. The van der Waals surface area contributed by atoms with Gasteiger partial charge >= 0.3 is 0 Å². The van der Waals surface area contributed by atoms with Crippen LogP contribution in [0.5, 0.6) is 5.75 Å². The van der Waals surface area contributed by atoms with Crippen LogP contribution >= 0.6 is 11.3 Å². The molecule has 2 aromatic heterocycles. The third-order valence-corrected chi connectivity index (χ3v) is 5.15. The summed E-state index contributed by atoms with van der Waals surface area (Å²) in [4.78, 5) is 4.68. The Balaban J connectivity index is 1.42. The number of benzene rings is 2. The van der Waals surface area contributed by atoms with Crippen molar-refractivity contribution in [1.29, 1.82) is 0 Å². The number of methoxy groups -OCH3 is 1. The van der Waals surface area contributed by atoms with Gasteiger partial charge in [0.25, 0.3) is 0 Å². The molecule has 28 heavy (non-hydrogen) atoms. The maximum atomic E-state index is 5.64. The van der Waals surface area contributed by atoms with Crippen molar-refractivity contribution < 1.29 is 9.15 Å². The van der Waals surface area contributed by atoms with E-state index in [-0.39, 0.29) is 6.04 Å². The molecule has 4 rings (SSSR count). The molecule has 0 amide bonds. The normalized spacial score (nSPS) is 11.9. The van der Waals surface area contributed by atoms with Gasteiger partial charge in [-0.2, -0.15) is 0 Å². The van der Waals surface area contributed by atoms with Crippen LogP contribution in [-0.4, -0.2) is 12.1 Å². The van der Waals surface area contributed by atoms with Crippen LogP contribution in [0, 0.1) is 0 Å². The predicted octanol–water partition coefficient (Wildman–Crippen LogP) is 5.37. The van der Waals surface area contributed by atoms with Gasteiger partial charge in [-0.25, -0.2) is 4.98 Å². The highest BCUT2D eigenvalue weighted by Gasteiger charge is 2.16. The average molecular weight is 391 g/mol. The molecule has 2 aromatic carbocycles. The van der Waals surface area contributed by atoms with E-state index < -0.39 is 0 Å². The fourth-order valence-electron chi connectivity index (χ4n) is 2.93. The Kier molecular flexibility index (Phi) is 5.70. The monoisotopic (exact) mass is 391 g/mol. The number of furan rings is 1. The molecule has 0 saturated heterocycles. The summed E-state index contributed by atoms with van der Waals surface area (Å²) in [5.74, 6) is 1.72. The molecule has 2 heterocycles. The van der Waals surface area contributed by atoms with Crippen molar-refractivity contribution >= 4 is 22.2 Å². The van der Waals surface area contributed by atoms with Crippen LogP contribution < -0.4 is 15.4 Å². The SMILES string of the molecule is COc1ccc(Nc2nc(CN[C@H](c3ccccc3)c3ccco3)cs2)cc1. The van der Waals surface area contributed by atoms with E-state index >= 15 is 0 Å². The first-order valence-electron chi connectivity index (χ1n) is 8.99. The number of ether oxygens (including phenoxy) is 1. The first-order valence-corrected chi connectivity index (χ1v) is 9.87. The number of rotatable bonds is 8. The Labute approximate surface area is 168 Å². The number of hydrogen-bond acceptors (Lipinski definition) is 6. The lowest BCUT2D eigenvalue weighted by Crippen LogP contribution is -2.21. The largest absolute Gasteiger partial charge is 0.497 e. The zero-order chi connectivity index (χ0) is 19.2. The molecular formula is C22H21N3O2S. The van der Waals surface area contributed by atoms with Crippen molar-refractivity contribution in [2.75, 3.05) is 12.4 Å². The second-order valence-electron chi connectivity index (χ2n) is 6.24. The molecule has 0 fully saturated rings. The zero-order valence-corrected chi connectivity index (χ0v) is 16.3. The first kappa shape index (κ1) is 18.3. The average Bonchev–Trinajstić information content (AvgIpc) is 3.42. The quantitative estimate of drug-likeness (QED) is 0.423. The molecule has 0 aliphatic rings. The lowest BCUT2D eigenvalue weighted by Gasteiger charge is -2.16. The van der Waals surface area contributed by atoms with E-state index in [9.17, 15) is 0 Å². The van der Waals surface area contributed by atoms with Gasteiger partial charge in [0.15, 0.2) is 5.13 Å². The fraction of sp³-hybridized carbons (Fsp3) is 0.136. The van der Waals surface area contributed by atoms with Crippen LogP contribution in [0.25, 0.3) is 0 Å². The van der Waals surface area contributed by atoms with E-state index in [2.05, 4.69) is 33.1 Å². The number of nitrogens with one attached hydrogen (secondary N) is 2. The lowest BCUT2D eigenvalue weighted by molar-refractivity contribution is 0.415. The van der Waals surface area contributed by atoms with E-state index in [1.54, 1.807) is 24.7 Å². The summed E-state index contributed by atoms with van der Waals surface area (Å²) in [6.07, 6.45) is 1.70. The standard InChI is InChI=1S/C22H21N3O2S/c1-26-19-11-9-17(10-12-19)24-22-25-18(15-28-22)14-23-21(20-8-5-13-27-20)16-6-3-2-4-7-16/h2-13,15,21,23H,14H2,1H3,(H,24,25)/t21-/m1/s1. The van der Waals surface area contributed by atoms with Crippen LogP contribution in [-0.2, 0) is 6.54 Å². The van der Waals surface area contributed by atoms with Gasteiger partial charge in [-0.15, -0.1) is 11.3 Å². The molecule has 0 spiro atoms. The van der Waals surface area contributed by atoms with E-state index in [1.807, 2.05) is 54.6 Å². The molecule has 0 saturated carbocycles. The summed E-state index contributed by atoms with van der Waals surface area (Å²) in [6.45, 7) is 0.640. The molecule has 142 valence electrons. The smallest absolute Gasteiger partial charge is 0.187 e. The van der Waals surface area contributed by atoms with Gasteiger partial charge in [0.05, 0.1) is 25.1 Å². The summed E-state index contributed by atoms with van der Waals surface area (Å²) >= 11 is 1.58. The topological polar surface area (TPSA) is 59.3 Å². The van der Waals surface area contributed by atoms with Crippen molar-refractivity contribution in [2.24, 2.45) is 0 Å². The second kappa shape index (κ2) is 8.73. The van der Waals surface area contributed by atoms with Gasteiger partial charge in [0, 0.05) is 17.6 Å². The highest BCUT2D eigenvalue weighted by Crippen LogP contribution is 2.25. The van der Waals surface area contributed by atoms with E-state index in [0.717, 1.165) is 33.6 Å². The van der Waals surface area contributed by atoms with Gasteiger partial charge < -0.3 is 14.5 Å². The summed E-state index contributed by atoms with van der Waals surface area (Å²) < 4.78 is 10.8. The van der Waals surface area contributed by atoms with Crippen LogP contribution in [0.2, 0.25) is 0 Å². The van der Waals surface area contributed by atoms with Crippen LogP contribution in [0.3, 0.4) is 0 Å². The predicted molar refractivity (Wildman–Crippen MR) is 112 cm³/mol. The van der Waals surface area contributed by atoms with Gasteiger partial charge in [0.2, 0.25) is 0 Å². The molecule has 0 aliphatic carbocycles. The van der Waals surface area contributed by atoms with E-state index in [1.165, 1.54) is 0 Å². The Bertz CT molecular complexity index is 982. The van der Waals surface area contributed by atoms with Crippen molar-refractivity contribution in [3.8, 4) is 5.75 Å². The maximum absolute atomic E-state index is 5.64. The molecule has 5 nitrogen and oxygen atoms in total. The lowest BCUT2D eigenvalue weighted by atomic mass is 10.0. The summed E-state index contributed by atoms with van der Waals surface area (Å²) in [7, 11) is 1.66. The molecule has 4 aromatic rings. The Morgan fingerprint density at radius 1 is 1.04 bits per heavy atom. The molecule has 0 radical (unpaired) electrons. The highest BCUT2D eigenvalue weighted by molar-refractivity contribution is 7.13. The molecule has 0 unspecified atom stereocenters. The molecule has 0 bridgehead atoms. The van der Waals surface area contributed by atoms with Gasteiger partial charge in [-0.05, 0) is 42.0 Å². The van der Waals surface area contributed by atoms with Crippen molar-refractivity contribution in [2.45, 2.75) is 12.6 Å². The van der Waals surface area contributed by atoms with Crippen molar-refractivity contribution in [3.63, 3.8) is 0 Å². The zero-order valence-electron chi connectivity index (χ0n) is 15.5. The Morgan fingerprint density at radius 2 is 1.86 bits per heavy atom. The summed E-state index contributed by atoms with van der Waals surface area (Å²) in [6, 6.07) is 21.9. The summed E-state index contributed by atoms with van der Waals surface area (Å²) in [5, 5.41) is 9.80. The van der Waals surface area contributed by atoms with Crippen molar-refractivity contribution in [1.82, 2.24) is 10.3 Å². The molecule has 2 N–H and O–H groups in total. The molecular weight excluding hydrogens is 370 g/mol. The summed E-state index contributed by atoms with van der Waals surface area (Å²) in [5.41, 5.74) is 3.12. The minimum Gasteiger partial charge on any atom is -0.497 e. The number of nitrogens with zero attached hydrogens (tertiary/aromatic N) is 1. The fourth-order valence-corrected chi connectivity index (χ4v) is 3.66. The number of hydrogen-bond donors (Lipinski definition) is 2. The van der Waals surface area contributed by atoms with Crippen LogP contribution in [0.4, 0.5) is 10.8 Å². The Hall–Kier alpha value is -3.09.